The van der Waals surface area contributed by atoms with E-state index in [4.69, 9.17) is 9.47 Å². The molecule has 154 valence electrons. The molecule has 0 radical (unpaired) electrons. The van der Waals surface area contributed by atoms with Gasteiger partial charge in [0.25, 0.3) is 0 Å². The van der Waals surface area contributed by atoms with Gasteiger partial charge < -0.3 is 14.8 Å². The lowest BCUT2D eigenvalue weighted by Gasteiger charge is -2.26. The van der Waals surface area contributed by atoms with E-state index in [0.717, 1.165) is 25.7 Å². The number of nitrogens with zero attached hydrogens (tertiary/aromatic N) is 2. The molecule has 1 aromatic carbocycles. The molecule has 2 aliphatic heterocycles. The first-order chi connectivity index (χ1) is 14.1. The van der Waals surface area contributed by atoms with Crippen molar-refractivity contribution in [3.05, 3.63) is 53.2 Å². The summed E-state index contributed by atoms with van der Waals surface area (Å²) in [5, 5.41) is 3.01. The number of pyridine rings is 1. The van der Waals surface area contributed by atoms with E-state index in [9.17, 15) is 13.6 Å². The molecule has 1 saturated heterocycles. The van der Waals surface area contributed by atoms with Gasteiger partial charge in [-0.2, -0.15) is 0 Å². The van der Waals surface area contributed by atoms with Gasteiger partial charge in [-0.25, -0.2) is 13.8 Å². The smallest absolute Gasteiger partial charge is 0.178 e. The Morgan fingerprint density at radius 2 is 2.10 bits per heavy atom. The van der Waals surface area contributed by atoms with Crippen molar-refractivity contribution in [1.29, 1.82) is 0 Å². The van der Waals surface area contributed by atoms with Crippen LogP contribution in [0, 0.1) is 11.6 Å². The number of Topliss-reactive ketones (excluding diaryl/α,β-unsaturated/α-hetero) is 1. The van der Waals surface area contributed by atoms with Gasteiger partial charge in [-0.05, 0) is 24.6 Å². The molecule has 3 heterocycles. The normalized spacial score (nSPS) is 18.9. The van der Waals surface area contributed by atoms with Crippen LogP contribution >= 0.6 is 0 Å². The van der Waals surface area contributed by atoms with Gasteiger partial charge in [0.15, 0.2) is 17.3 Å². The monoisotopic (exact) mass is 403 g/mol. The molecule has 2 aliphatic rings. The number of carbonyl (C=O) groups is 1. The van der Waals surface area contributed by atoms with Crippen LogP contribution in [0.2, 0.25) is 0 Å². The number of hydrogen-bond acceptors (Lipinski definition) is 6. The molecule has 4 rings (SSSR count). The second-order valence-electron chi connectivity index (χ2n) is 7.13. The molecular weight excluding hydrogens is 380 g/mol. The van der Waals surface area contributed by atoms with E-state index in [2.05, 4.69) is 15.2 Å². The zero-order valence-corrected chi connectivity index (χ0v) is 16.0. The van der Waals surface area contributed by atoms with Gasteiger partial charge in [0.1, 0.15) is 11.6 Å². The number of fused-ring (bicyclic) bond motifs is 1. The Morgan fingerprint density at radius 1 is 1.28 bits per heavy atom. The van der Waals surface area contributed by atoms with Gasteiger partial charge in [-0.15, -0.1) is 0 Å². The van der Waals surface area contributed by atoms with Crippen LogP contribution in [-0.2, 0) is 4.74 Å². The fourth-order valence-corrected chi connectivity index (χ4v) is 3.73. The van der Waals surface area contributed by atoms with Crippen LogP contribution in [0.15, 0.2) is 30.5 Å². The Labute approximate surface area is 167 Å². The number of anilines is 1. The SMILES string of the molecule is O=C(c1c(F)ccc(OCCCN2CCOCC2)c1F)C1CNc2ncccc21. The number of hydrogen-bond donors (Lipinski definition) is 1. The van der Waals surface area contributed by atoms with Crippen LogP contribution in [0.25, 0.3) is 0 Å². The molecule has 29 heavy (non-hydrogen) atoms. The Morgan fingerprint density at radius 3 is 2.93 bits per heavy atom. The van der Waals surface area contributed by atoms with Crippen LogP contribution in [0.5, 0.6) is 5.75 Å². The van der Waals surface area contributed by atoms with Crippen molar-refractivity contribution < 1.29 is 23.0 Å². The average Bonchev–Trinajstić information content (AvgIpc) is 3.17. The molecule has 0 bridgehead atoms. The summed E-state index contributed by atoms with van der Waals surface area (Å²) in [6, 6.07) is 5.76. The van der Waals surface area contributed by atoms with Crippen LogP contribution in [0.4, 0.5) is 14.6 Å². The molecule has 8 heteroatoms. The number of benzene rings is 1. The second kappa shape index (κ2) is 8.84. The Hall–Kier alpha value is -2.58. The summed E-state index contributed by atoms with van der Waals surface area (Å²) in [4.78, 5) is 19.3. The summed E-state index contributed by atoms with van der Waals surface area (Å²) in [6.07, 6.45) is 2.30. The maximum atomic E-state index is 14.9. The number of halogens is 2. The molecule has 1 unspecified atom stereocenters. The summed E-state index contributed by atoms with van der Waals surface area (Å²) >= 11 is 0. The summed E-state index contributed by atoms with van der Waals surface area (Å²) in [5.74, 6) is -2.65. The fourth-order valence-electron chi connectivity index (χ4n) is 3.73. The first-order valence-corrected chi connectivity index (χ1v) is 9.79. The maximum absolute atomic E-state index is 14.9. The Kier molecular flexibility index (Phi) is 6.01. The van der Waals surface area contributed by atoms with Gasteiger partial charge in [0, 0.05) is 37.9 Å². The first-order valence-electron chi connectivity index (χ1n) is 9.79. The number of aromatic nitrogens is 1. The number of rotatable bonds is 7. The Bertz CT molecular complexity index is 887. The van der Waals surface area contributed by atoms with Crippen LogP contribution in [0.3, 0.4) is 0 Å². The molecular formula is C21H23F2N3O3. The van der Waals surface area contributed by atoms with Crippen molar-refractivity contribution >= 4 is 11.6 Å². The predicted molar refractivity (Wildman–Crippen MR) is 104 cm³/mol. The van der Waals surface area contributed by atoms with Crippen molar-refractivity contribution in [3.8, 4) is 5.75 Å². The van der Waals surface area contributed by atoms with E-state index < -0.39 is 28.9 Å². The molecule has 0 aliphatic carbocycles. The van der Waals surface area contributed by atoms with E-state index in [1.165, 1.54) is 6.07 Å². The van der Waals surface area contributed by atoms with Crippen molar-refractivity contribution in [2.45, 2.75) is 12.3 Å². The van der Waals surface area contributed by atoms with E-state index in [0.29, 0.717) is 31.0 Å². The molecule has 0 saturated carbocycles. The van der Waals surface area contributed by atoms with E-state index >= 15 is 0 Å². The number of ether oxygens (including phenoxy) is 2. The van der Waals surface area contributed by atoms with Crippen LogP contribution in [0.1, 0.15) is 28.3 Å². The van der Waals surface area contributed by atoms with E-state index in [1.54, 1.807) is 18.3 Å². The molecule has 0 spiro atoms. The zero-order chi connectivity index (χ0) is 20.2. The van der Waals surface area contributed by atoms with Gasteiger partial charge in [0.2, 0.25) is 0 Å². The first kappa shape index (κ1) is 19.7. The highest BCUT2D eigenvalue weighted by molar-refractivity contribution is 6.03. The minimum absolute atomic E-state index is 0.103. The highest BCUT2D eigenvalue weighted by Gasteiger charge is 2.34. The number of morpholine rings is 1. The molecule has 1 atom stereocenters. The van der Waals surface area contributed by atoms with Crippen molar-refractivity contribution in [2.24, 2.45) is 0 Å². The topological polar surface area (TPSA) is 63.7 Å². The quantitative estimate of drug-likeness (QED) is 0.567. The molecule has 1 aromatic heterocycles. The standard InChI is InChI=1S/C21H23F2N3O3/c22-16-4-5-17(29-10-2-7-26-8-11-28-12-9-26)19(23)18(16)20(27)15-13-25-21-14(15)3-1-6-24-21/h1,3-6,15H,2,7-13H2,(H,24,25). The number of ketones is 1. The summed E-state index contributed by atoms with van der Waals surface area (Å²) in [7, 11) is 0. The van der Waals surface area contributed by atoms with E-state index in [-0.39, 0.29) is 18.9 Å². The molecule has 0 amide bonds. The van der Waals surface area contributed by atoms with Gasteiger partial charge in [0.05, 0.1) is 31.3 Å². The predicted octanol–water partition coefficient (Wildman–Crippen LogP) is 2.85. The van der Waals surface area contributed by atoms with Crippen molar-refractivity contribution in [2.75, 3.05) is 51.3 Å². The summed E-state index contributed by atoms with van der Waals surface area (Å²) < 4.78 is 40.1. The third-order valence-corrected chi connectivity index (χ3v) is 5.29. The lowest BCUT2D eigenvalue weighted by Crippen LogP contribution is -2.37. The van der Waals surface area contributed by atoms with Crippen molar-refractivity contribution in [3.63, 3.8) is 0 Å². The third kappa shape index (κ3) is 4.23. The van der Waals surface area contributed by atoms with Crippen molar-refractivity contribution in [1.82, 2.24) is 9.88 Å². The van der Waals surface area contributed by atoms with E-state index in [1.807, 2.05) is 0 Å². The van der Waals surface area contributed by atoms with Crippen LogP contribution < -0.4 is 10.1 Å². The summed E-state index contributed by atoms with van der Waals surface area (Å²) in [6.45, 7) is 4.53. The third-order valence-electron chi connectivity index (χ3n) is 5.29. The average molecular weight is 403 g/mol. The molecule has 2 aromatic rings. The highest BCUT2D eigenvalue weighted by atomic mass is 19.1. The number of carbonyl (C=O) groups excluding carboxylic acids is 1. The minimum atomic E-state index is -0.946. The Balaban J connectivity index is 1.43. The molecule has 1 fully saturated rings. The highest BCUT2D eigenvalue weighted by Crippen LogP contribution is 2.34. The van der Waals surface area contributed by atoms with Gasteiger partial charge in [-0.3, -0.25) is 9.69 Å². The molecule has 1 N–H and O–H groups in total. The lowest BCUT2D eigenvalue weighted by atomic mass is 9.92. The largest absolute Gasteiger partial charge is 0.490 e. The minimum Gasteiger partial charge on any atom is -0.490 e. The second-order valence-corrected chi connectivity index (χ2v) is 7.13. The summed E-state index contributed by atoms with van der Waals surface area (Å²) in [5.41, 5.74) is 0.0901. The lowest BCUT2D eigenvalue weighted by molar-refractivity contribution is 0.0357. The van der Waals surface area contributed by atoms with Gasteiger partial charge >= 0.3 is 0 Å². The number of nitrogens with one attached hydrogen (secondary N) is 1. The van der Waals surface area contributed by atoms with Gasteiger partial charge in [-0.1, -0.05) is 6.07 Å². The maximum Gasteiger partial charge on any atom is 0.178 e. The van der Waals surface area contributed by atoms with Crippen LogP contribution in [-0.4, -0.2) is 61.7 Å². The fraction of sp³-hybridized carbons (Fsp3) is 0.429. The zero-order valence-electron chi connectivity index (χ0n) is 16.0. The molecule has 6 nitrogen and oxygen atoms in total.